The normalized spacial score (nSPS) is 19.7. The summed E-state index contributed by atoms with van der Waals surface area (Å²) in [4.78, 5) is 39.6. The molecule has 0 saturated carbocycles. The zero-order valence-electron chi connectivity index (χ0n) is 18.8. The molecule has 0 radical (unpaired) electrons. The van der Waals surface area contributed by atoms with Crippen LogP contribution in [0.2, 0.25) is 0 Å². The minimum absolute atomic E-state index is 0.117. The molecule has 2 aliphatic heterocycles. The maximum atomic E-state index is 13.0. The molecule has 0 aliphatic carbocycles. The lowest BCUT2D eigenvalue weighted by molar-refractivity contribution is -0.149. The van der Waals surface area contributed by atoms with Gasteiger partial charge in [0.2, 0.25) is 0 Å². The van der Waals surface area contributed by atoms with E-state index in [1.807, 2.05) is 18.2 Å². The average molecular weight is 446 g/mol. The maximum absolute atomic E-state index is 13.0. The summed E-state index contributed by atoms with van der Waals surface area (Å²) in [7, 11) is 1.55. The van der Waals surface area contributed by atoms with Crippen LogP contribution < -0.4 is 15.4 Å². The molecular weight excluding hydrogens is 414 g/mol. The zero-order valence-corrected chi connectivity index (χ0v) is 18.8. The summed E-state index contributed by atoms with van der Waals surface area (Å²) in [5, 5.41) is 5.63. The number of benzene rings is 1. The van der Waals surface area contributed by atoms with Crippen LogP contribution in [0.5, 0.6) is 5.75 Å². The molecule has 32 heavy (non-hydrogen) atoms. The van der Waals surface area contributed by atoms with Crippen LogP contribution in [0.1, 0.15) is 38.3 Å². The van der Waals surface area contributed by atoms with E-state index >= 15 is 0 Å². The largest absolute Gasteiger partial charge is 0.496 e. The van der Waals surface area contributed by atoms with Gasteiger partial charge in [-0.3, -0.25) is 9.69 Å². The summed E-state index contributed by atoms with van der Waals surface area (Å²) < 4.78 is 15.9. The molecule has 2 aliphatic rings. The molecule has 9 heteroatoms. The third-order valence-corrected chi connectivity index (χ3v) is 5.69. The van der Waals surface area contributed by atoms with Gasteiger partial charge < -0.3 is 24.8 Å². The first-order valence-electron chi connectivity index (χ1n) is 11.0. The second kappa shape index (κ2) is 11.0. The number of piperidine rings is 1. The number of carbonyl (C=O) groups is 3. The predicted octanol–water partition coefficient (Wildman–Crippen LogP) is 2.14. The Morgan fingerprint density at radius 2 is 1.78 bits per heavy atom. The van der Waals surface area contributed by atoms with E-state index in [-0.39, 0.29) is 18.5 Å². The van der Waals surface area contributed by atoms with E-state index in [0.717, 1.165) is 0 Å². The number of ether oxygens (including phenoxy) is 3. The number of nitrogens with zero attached hydrogens (tertiary/aromatic N) is 1. The van der Waals surface area contributed by atoms with Crippen LogP contribution in [-0.4, -0.2) is 62.8 Å². The van der Waals surface area contributed by atoms with E-state index in [2.05, 4.69) is 15.5 Å². The Morgan fingerprint density at radius 1 is 1.09 bits per heavy atom. The van der Waals surface area contributed by atoms with Crippen molar-refractivity contribution in [3.8, 4) is 5.75 Å². The minimum Gasteiger partial charge on any atom is -0.496 e. The number of nitrogens with one attached hydrogen (secondary N) is 2. The van der Waals surface area contributed by atoms with Crippen molar-refractivity contribution in [1.29, 1.82) is 0 Å². The van der Waals surface area contributed by atoms with E-state index in [4.69, 9.17) is 14.2 Å². The Morgan fingerprint density at radius 3 is 2.44 bits per heavy atom. The smallest absolute Gasteiger partial charge is 0.338 e. The van der Waals surface area contributed by atoms with Crippen molar-refractivity contribution in [2.75, 3.05) is 40.0 Å². The number of esters is 2. The van der Waals surface area contributed by atoms with Crippen LogP contribution >= 0.6 is 0 Å². The van der Waals surface area contributed by atoms with E-state index in [9.17, 15) is 14.4 Å². The van der Waals surface area contributed by atoms with Crippen LogP contribution in [0.4, 0.5) is 4.79 Å². The molecule has 1 aromatic rings. The number of urea groups is 1. The predicted molar refractivity (Wildman–Crippen MR) is 117 cm³/mol. The van der Waals surface area contributed by atoms with Gasteiger partial charge >= 0.3 is 18.0 Å². The molecule has 2 N–H and O–H groups in total. The fourth-order valence-electron chi connectivity index (χ4n) is 4.14. The molecule has 1 fully saturated rings. The molecule has 0 unspecified atom stereocenters. The molecule has 1 atom stereocenters. The Labute approximate surface area is 188 Å². The van der Waals surface area contributed by atoms with Crippen molar-refractivity contribution in [2.24, 2.45) is 5.92 Å². The van der Waals surface area contributed by atoms with E-state index in [0.29, 0.717) is 61.7 Å². The molecule has 0 spiro atoms. The summed E-state index contributed by atoms with van der Waals surface area (Å²) in [5.41, 5.74) is 1.52. The Bertz CT molecular complexity index is 876. The number of para-hydroxylation sites is 1. The molecule has 1 aromatic carbocycles. The van der Waals surface area contributed by atoms with E-state index < -0.39 is 18.0 Å². The van der Waals surface area contributed by atoms with Crippen molar-refractivity contribution < 1.29 is 28.6 Å². The average Bonchev–Trinajstić information content (AvgIpc) is 2.79. The molecular formula is C23H31N3O6. The first-order valence-corrected chi connectivity index (χ1v) is 11.0. The highest BCUT2D eigenvalue weighted by molar-refractivity contribution is 5.95. The highest BCUT2D eigenvalue weighted by Crippen LogP contribution is 2.34. The second-order valence-corrected chi connectivity index (χ2v) is 7.69. The Kier molecular flexibility index (Phi) is 8.10. The third-order valence-electron chi connectivity index (χ3n) is 5.69. The quantitative estimate of drug-likeness (QED) is 0.591. The summed E-state index contributed by atoms with van der Waals surface area (Å²) in [6, 6.07) is 6.15. The SMILES string of the molecule is CCOC(=O)C1=C(CN2CCC(C(=O)OCC)CC2)NC(=O)N[C@@H]1c1ccccc1OC. The molecule has 2 amide bonds. The summed E-state index contributed by atoms with van der Waals surface area (Å²) in [6.45, 7) is 5.81. The van der Waals surface area contributed by atoms with Gasteiger partial charge in [0.25, 0.3) is 0 Å². The lowest BCUT2D eigenvalue weighted by Gasteiger charge is -2.35. The number of rotatable bonds is 8. The fourth-order valence-corrected chi connectivity index (χ4v) is 4.14. The second-order valence-electron chi connectivity index (χ2n) is 7.69. The third kappa shape index (κ3) is 5.40. The van der Waals surface area contributed by atoms with Crippen molar-refractivity contribution in [1.82, 2.24) is 15.5 Å². The molecule has 0 bridgehead atoms. The van der Waals surface area contributed by atoms with Gasteiger partial charge in [0.1, 0.15) is 5.75 Å². The van der Waals surface area contributed by atoms with Gasteiger partial charge in [0.05, 0.1) is 37.9 Å². The molecule has 9 nitrogen and oxygen atoms in total. The highest BCUT2D eigenvalue weighted by Gasteiger charge is 2.36. The number of hydrogen-bond donors (Lipinski definition) is 2. The number of methoxy groups -OCH3 is 1. The van der Waals surface area contributed by atoms with Gasteiger partial charge in [-0.25, -0.2) is 9.59 Å². The Hall–Kier alpha value is -3.07. The molecule has 2 heterocycles. The van der Waals surface area contributed by atoms with Crippen LogP contribution in [0, 0.1) is 5.92 Å². The molecule has 0 aromatic heterocycles. The van der Waals surface area contributed by atoms with E-state index in [1.54, 1.807) is 27.0 Å². The van der Waals surface area contributed by atoms with Crippen molar-refractivity contribution in [3.05, 3.63) is 41.1 Å². The van der Waals surface area contributed by atoms with Gasteiger partial charge in [-0.2, -0.15) is 0 Å². The summed E-state index contributed by atoms with van der Waals surface area (Å²) in [6.07, 6.45) is 1.34. The Balaban J connectivity index is 1.87. The van der Waals surface area contributed by atoms with Crippen LogP contribution in [-0.2, 0) is 19.1 Å². The van der Waals surface area contributed by atoms with Crippen LogP contribution in [0.3, 0.4) is 0 Å². The standard InChI is InChI=1S/C23H31N3O6/c1-4-31-21(27)15-10-12-26(13-11-15)14-17-19(22(28)32-5-2)20(25-23(29)24-17)16-8-6-7-9-18(16)30-3/h6-9,15,20H,4-5,10-14H2,1-3H3,(H2,24,25,29)/t20-/m1/s1. The van der Waals surface area contributed by atoms with Crippen molar-refractivity contribution >= 4 is 18.0 Å². The summed E-state index contributed by atoms with van der Waals surface area (Å²) >= 11 is 0. The first-order chi connectivity index (χ1) is 15.5. The first kappa shape index (κ1) is 23.6. The lowest BCUT2D eigenvalue weighted by Crippen LogP contribution is -2.49. The number of likely N-dealkylation sites (tertiary alicyclic amines) is 1. The monoisotopic (exact) mass is 445 g/mol. The van der Waals surface area contributed by atoms with E-state index in [1.165, 1.54) is 0 Å². The number of carbonyl (C=O) groups excluding carboxylic acids is 3. The van der Waals surface area contributed by atoms with Crippen molar-refractivity contribution in [3.63, 3.8) is 0 Å². The van der Waals surface area contributed by atoms with Gasteiger partial charge in [-0.05, 0) is 45.8 Å². The molecule has 3 rings (SSSR count). The van der Waals surface area contributed by atoms with Gasteiger partial charge in [-0.1, -0.05) is 18.2 Å². The molecule has 174 valence electrons. The zero-order chi connectivity index (χ0) is 23.1. The van der Waals surface area contributed by atoms with Crippen LogP contribution in [0.15, 0.2) is 35.5 Å². The highest BCUT2D eigenvalue weighted by atomic mass is 16.5. The van der Waals surface area contributed by atoms with Crippen LogP contribution in [0.25, 0.3) is 0 Å². The summed E-state index contributed by atoms with van der Waals surface area (Å²) in [5.74, 6) is -0.206. The topological polar surface area (TPSA) is 106 Å². The lowest BCUT2D eigenvalue weighted by atomic mass is 9.93. The molecule has 1 saturated heterocycles. The fraction of sp³-hybridized carbons (Fsp3) is 0.522. The minimum atomic E-state index is -0.703. The van der Waals surface area contributed by atoms with Gasteiger partial charge in [0.15, 0.2) is 0 Å². The number of hydrogen-bond acceptors (Lipinski definition) is 7. The van der Waals surface area contributed by atoms with Crippen molar-refractivity contribution in [2.45, 2.75) is 32.7 Å². The maximum Gasteiger partial charge on any atom is 0.338 e. The van der Waals surface area contributed by atoms with Gasteiger partial charge in [-0.15, -0.1) is 0 Å². The van der Waals surface area contributed by atoms with Gasteiger partial charge in [0, 0.05) is 17.8 Å². The number of amides is 2.